The molecule has 2 aromatic rings. The van der Waals surface area contributed by atoms with Crippen molar-refractivity contribution in [1.29, 1.82) is 0 Å². The average Bonchev–Trinajstić information content (AvgIpc) is 2.47. The Kier molecular flexibility index (Phi) is 4.58. The third-order valence-electron chi connectivity index (χ3n) is 3.24. The number of rotatable bonds is 5. The summed E-state index contributed by atoms with van der Waals surface area (Å²) in [5, 5.41) is 0. The Hall–Kier alpha value is -2.07. The number of methoxy groups -OCH3 is 1. The van der Waals surface area contributed by atoms with Crippen LogP contribution in [0.3, 0.4) is 0 Å². The zero-order valence-corrected chi connectivity index (χ0v) is 12.2. The topological polar surface area (TPSA) is 51.4 Å². The third kappa shape index (κ3) is 3.48. The largest absolute Gasteiger partial charge is 0.497 e. The van der Waals surface area contributed by atoms with Crippen molar-refractivity contribution in [2.45, 2.75) is 19.5 Å². The number of ether oxygens (including phenoxy) is 1. The van der Waals surface area contributed by atoms with Gasteiger partial charge in [0.25, 0.3) is 0 Å². The molecule has 4 nitrogen and oxygen atoms in total. The molecule has 0 bridgehead atoms. The Labute approximate surface area is 120 Å². The molecule has 0 amide bonds. The van der Waals surface area contributed by atoms with E-state index in [1.165, 1.54) is 5.56 Å². The molecule has 1 heterocycles. The van der Waals surface area contributed by atoms with Gasteiger partial charge in [0.05, 0.1) is 7.11 Å². The standard InChI is InChI=1S/C16H21N3O/c1-12(17)14-7-8-18-16(10-14)19(2)11-13-5-4-6-15(9-13)20-3/h4-10,12H,11,17H2,1-3H3/t12-/m1/s1. The Morgan fingerprint density at radius 3 is 2.80 bits per heavy atom. The van der Waals surface area contributed by atoms with Crippen LogP contribution in [0.15, 0.2) is 42.6 Å². The van der Waals surface area contributed by atoms with E-state index in [4.69, 9.17) is 10.5 Å². The molecule has 20 heavy (non-hydrogen) atoms. The van der Waals surface area contributed by atoms with Crippen molar-refractivity contribution >= 4 is 5.82 Å². The molecule has 0 aliphatic heterocycles. The summed E-state index contributed by atoms with van der Waals surface area (Å²) in [5.41, 5.74) is 8.18. The molecule has 106 valence electrons. The minimum absolute atomic E-state index is 0.0157. The van der Waals surface area contributed by atoms with E-state index in [0.717, 1.165) is 23.7 Å². The summed E-state index contributed by atoms with van der Waals surface area (Å²) in [4.78, 5) is 6.50. The van der Waals surface area contributed by atoms with Gasteiger partial charge in [-0.05, 0) is 42.3 Å². The van der Waals surface area contributed by atoms with Crippen LogP contribution >= 0.6 is 0 Å². The van der Waals surface area contributed by atoms with Crippen molar-refractivity contribution in [2.75, 3.05) is 19.1 Å². The Morgan fingerprint density at radius 2 is 2.10 bits per heavy atom. The zero-order chi connectivity index (χ0) is 14.5. The maximum atomic E-state index is 5.91. The third-order valence-corrected chi connectivity index (χ3v) is 3.24. The first kappa shape index (κ1) is 14.3. The summed E-state index contributed by atoms with van der Waals surface area (Å²) >= 11 is 0. The van der Waals surface area contributed by atoms with Crippen molar-refractivity contribution < 1.29 is 4.74 Å². The molecule has 1 aromatic carbocycles. The van der Waals surface area contributed by atoms with Crippen molar-refractivity contribution in [2.24, 2.45) is 5.73 Å². The van der Waals surface area contributed by atoms with E-state index in [1.54, 1.807) is 13.3 Å². The fourth-order valence-corrected chi connectivity index (χ4v) is 2.05. The van der Waals surface area contributed by atoms with Crippen molar-refractivity contribution in [3.8, 4) is 5.75 Å². The van der Waals surface area contributed by atoms with Gasteiger partial charge in [-0.25, -0.2) is 4.98 Å². The van der Waals surface area contributed by atoms with E-state index in [-0.39, 0.29) is 6.04 Å². The molecule has 0 fully saturated rings. The molecule has 0 unspecified atom stereocenters. The van der Waals surface area contributed by atoms with Crippen LogP contribution in [0.1, 0.15) is 24.1 Å². The van der Waals surface area contributed by atoms with Gasteiger partial charge in [-0.3, -0.25) is 0 Å². The van der Waals surface area contributed by atoms with Crippen molar-refractivity contribution in [3.63, 3.8) is 0 Å². The van der Waals surface area contributed by atoms with Crippen LogP contribution in [0, 0.1) is 0 Å². The summed E-state index contributed by atoms with van der Waals surface area (Å²) in [5.74, 6) is 1.79. The van der Waals surface area contributed by atoms with Gasteiger partial charge < -0.3 is 15.4 Å². The molecule has 0 spiro atoms. The van der Waals surface area contributed by atoms with Crippen LogP contribution in [0.25, 0.3) is 0 Å². The minimum atomic E-state index is 0.0157. The van der Waals surface area contributed by atoms with Crippen LogP contribution < -0.4 is 15.4 Å². The van der Waals surface area contributed by atoms with Gasteiger partial charge in [-0.2, -0.15) is 0 Å². The molecule has 1 aromatic heterocycles. The van der Waals surface area contributed by atoms with Gasteiger partial charge in [0.1, 0.15) is 11.6 Å². The fraction of sp³-hybridized carbons (Fsp3) is 0.312. The lowest BCUT2D eigenvalue weighted by Gasteiger charge is -2.19. The Morgan fingerprint density at radius 1 is 1.30 bits per heavy atom. The molecule has 2 rings (SSSR count). The lowest BCUT2D eigenvalue weighted by Crippen LogP contribution is -2.18. The van der Waals surface area contributed by atoms with Gasteiger partial charge in [-0.15, -0.1) is 0 Å². The normalized spacial score (nSPS) is 12.0. The lowest BCUT2D eigenvalue weighted by atomic mass is 10.1. The van der Waals surface area contributed by atoms with E-state index >= 15 is 0 Å². The molecular weight excluding hydrogens is 250 g/mol. The van der Waals surface area contributed by atoms with Crippen molar-refractivity contribution in [3.05, 3.63) is 53.7 Å². The molecule has 0 saturated carbocycles. The maximum Gasteiger partial charge on any atom is 0.128 e. The molecule has 1 atom stereocenters. The Bertz CT molecular complexity index is 569. The van der Waals surface area contributed by atoms with Crippen molar-refractivity contribution in [1.82, 2.24) is 4.98 Å². The van der Waals surface area contributed by atoms with Crippen LogP contribution in [-0.4, -0.2) is 19.1 Å². The first-order valence-electron chi connectivity index (χ1n) is 6.65. The smallest absolute Gasteiger partial charge is 0.128 e. The summed E-state index contributed by atoms with van der Waals surface area (Å²) in [6.07, 6.45) is 1.80. The second kappa shape index (κ2) is 6.39. The molecule has 4 heteroatoms. The van der Waals surface area contributed by atoms with Gasteiger partial charge in [0.15, 0.2) is 0 Å². The first-order valence-corrected chi connectivity index (χ1v) is 6.65. The molecular formula is C16H21N3O. The predicted octanol–water partition coefficient (Wildman–Crippen LogP) is 2.75. The number of nitrogens with zero attached hydrogens (tertiary/aromatic N) is 2. The van der Waals surface area contributed by atoms with E-state index < -0.39 is 0 Å². The van der Waals surface area contributed by atoms with E-state index in [9.17, 15) is 0 Å². The average molecular weight is 271 g/mol. The highest BCUT2D eigenvalue weighted by atomic mass is 16.5. The van der Waals surface area contributed by atoms with Gasteiger partial charge in [0, 0.05) is 25.8 Å². The van der Waals surface area contributed by atoms with Gasteiger partial charge in [-0.1, -0.05) is 12.1 Å². The number of benzene rings is 1. The molecule has 0 radical (unpaired) electrons. The molecule has 2 N–H and O–H groups in total. The molecule has 0 aliphatic rings. The van der Waals surface area contributed by atoms with E-state index in [0.29, 0.717) is 0 Å². The maximum absolute atomic E-state index is 5.91. The lowest BCUT2D eigenvalue weighted by molar-refractivity contribution is 0.414. The SMILES string of the molecule is COc1cccc(CN(C)c2cc([C@@H](C)N)ccn2)c1. The number of nitrogens with two attached hydrogens (primary N) is 1. The van der Waals surface area contributed by atoms with Crippen LogP contribution in [0.5, 0.6) is 5.75 Å². The monoisotopic (exact) mass is 271 g/mol. The minimum Gasteiger partial charge on any atom is -0.497 e. The Balaban J connectivity index is 2.14. The summed E-state index contributed by atoms with van der Waals surface area (Å²) in [6, 6.07) is 12.0. The van der Waals surface area contributed by atoms with Crippen LogP contribution in [0.4, 0.5) is 5.82 Å². The number of anilines is 1. The zero-order valence-electron chi connectivity index (χ0n) is 12.2. The number of pyridine rings is 1. The van der Waals surface area contributed by atoms with Crippen LogP contribution in [0.2, 0.25) is 0 Å². The summed E-state index contributed by atoms with van der Waals surface area (Å²) < 4.78 is 5.24. The second-order valence-corrected chi connectivity index (χ2v) is 4.94. The summed E-state index contributed by atoms with van der Waals surface area (Å²) in [6.45, 7) is 2.74. The van der Waals surface area contributed by atoms with E-state index in [2.05, 4.69) is 16.0 Å². The number of hydrogen-bond donors (Lipinski definition) is 1. The van der Waals surface area contributed by atoms with E-state index in [1.807, 2.05) is 44.3 Å². The first-order chi connectivity index (χ1) is 9.60. The number of hydrogen-bond acceptors (Lipinski definition) is 4. The molecule has 0 saturated heterocycles. The molecule has 0 aliphatic carbocycles. The fourth-order valence-electron chi connectivity index (χ4n) is 2.05. The number of aromatic nitrogens is 1. The summed E-state index contributed by atoms with van der Waals surface area (Å²) in [7, 11) is 3.70. The van der Waals surface area contributed by atoms with Crippen LogP contribution in [-0.2, 0) is 6.54 Å². The predicted molar refractivity (Wildman–Crippen MR) is 81.9 cm³/mol. The quantitative estimate of drug-likeness (QED) is 0.908. The van der Waals surface area contributed by atoms with Gasteiger partial charge in [0.2, 0.25) is 0 Å². The highest BCUT2D eigenvalue weighted by Gasteiger charge is 2.07. The van der Waals surface area contributed by atoms with Gasteiger partial charge >= 0.3 is 0 Å². The highest BCUT2D eigenvalue weighted by molar-refractivity contribution is 5.42. The second-order valence-electron chi connectivity index (χ2n) is 4.94. The highest BCUT2D eigenvalue weighted by Crippen LogP contribution is 2.19.